The molecule has 0 amide bonds. The highest BCUT2D eigenvalue weighted by molar-refractivity contribution is 5.07. The predicted octanol–water partition coefficient (Wildman–Crippen LogP) is 2.22. The van der Waals surface area contributed by atoms with Crippen LogP contribution >= 0.6 is 0 Å². The summed E-state index contributed by atoms with van der Waals surface area (Å²) >= 11 is 0. The number of nitrogens with one attached hydrogen (secondary N) is 1. The maximum absolute atomic E-state index is 4.37. The van der Waals surface area contributed by atoms with E-state index in [0.29, 0.717) is 13.1 Å². The number of rotatable bonds is 3. The van der Waals surface area contributed by atoms with E-state index in [1.165, 1.54) is 0 Å². The van der Waals surface area contributed by atoms with Crippen molar-refractivity contribution in [2.75, 3.05) is 0 Å². The van der Waals surface area contributed by atoms with Crippen LogP contribution in [0.1, 0.15) is 47.4 Å². The second-order valence-electron chi connectivity index (χ2n) is 6.51. The molecule has 0 aliphatic heterocycles. The molecule has 1 aromatic rings. The molecule has 1 heterocycles. The molecule has 0 fully saturated rings. The van der Waals surface area contributed by atoms with Crippen molar-refractivity contribution < 1.29 is 0 Å². The first-order chi connectivity index (χ1) is 8.16. The highest BCUT2D eigenvalue weighted by Gasteiger charge is 2.10. The van der Waals surface area contributed by atoms with Crippen molar-refractivity contribution in [2.45, 2.75) is 60.2 Å². The van der Waals surface area contributed by atoms with Crippen LogP contribution in [0.4, 0.5) is 0 Å². The highest BCUT2D eigenvalue weighted by atomic mass is 15.3. The fourth-order valence-corrected chi connectivity index (χ4v) is 1.22. The van der Waals surface area contributed by atoms with Gasteiger partial charge in [-0.2, -0.15) is 5.10 Å². The summed E-state index contributed by atoms with van der Waals surface area (Å²) in [6.45, 7) is 13.9. The van der Waals surface area contributed by atoms with Crippen LogP contribution in [0.2, 0.25) is 0 Å². The SMILES string of the molecule is CC(C)(C)C#CCn1cnc(CNC(C)(C)C)n1. The van der Waals surface area contributed by atoms with E-state index in [-0.39, 0.29) is 11.0 Å². The van der Waals surface area contributed by atoms with Gasteiger partial charge < -0.3 is 5.32 Å². The molecule has 0 aliphatic rings. The minimum atomic E-state index is 0.0389. The fourth-order valence-electron chi connectivity index (χ4n) is 1.22. The zero-order valence-corrected chi connectivity index (χ0v) is 12.3. The quantitative estimate of drug-likeness (QED) is 0.834. The second-order valence-corrected chi connectivity index (χ2v) is 6.51. The van der Waals surface area contributed by atoms with E-state index in [2.05, 4.69) is 68.8 Å². The van der Waals surface area contributed by atoms with Gasteiger partial charge in [0.1, 0.15) is 12.9 Å². The summed E-state index contributed by atoms with van der Waals surface area (Å²) in [7, 11) is 0. The molecular weight excluding hydrogens is 224 g/mol. The first kappa shape index (κ1) is 14.7. The second kappa shape index (κ2) is 5.53. The van der Waals surface area contributed by atoms with Gasteiger partial charge in [0.2, 0.25) is 0 Å². The zero-order valence-electron chi connectivity index (χ0n) is 12.3. The molecule has 1 N–H and O–H groups in total. The van der Waals surface area contributed by atoms with Crippen molar-refractivity contribution in [2.24, 2.45) is 5.41 Å². The van der Waals surface area contributed by atoms with Crippen LogP contribution in [0.3, 0.4) is 0 Å². The third-order valence-corrected chi connectivity index (χ3v) is 2.07. The van der Waals surface area contributed by atoms with Crippen molar-refractivity contribution in [3.8, 4) is 11.8 Å². The Morgan fingerprint density at radius 1 is 1.22 bits per heavy atom. The van der Waals surface area contributed by atoms with Crippen LogP contribution in [-0.2, 0) is 13.1 Å². The molecule has 0 aliphatic carbocycles. The van der Waals surface area contributed by atoms with E-state index >= 15 is 0 Å². The lowest BCUT2D eigenvalue weighted by Gasteiger charge is -2.18. The molecule has 1 rings (SSSR count). The standard InChI is InChI=1S/C14H24N4/c1-13(2,3)8-7-9-18-11-15-12(17-18)10-16-14(4,5)6/h11,16H,9-10H2,1-6H3. The maximum Gasteiger partial charge on any atom is 0.164 e. The van der Waals surface area contributed by atoms with Crippen LogP contribution in [0.25, 0.3) is 0 Å². The van der Waals surface area contributed by atoms with E-state index in [0.717, 1.165) is 5.82 Å². The van der Waals surface area contributed by atoms with Gasteiger partial charge in [0.25, 0.3) is 0 Å². The predicted molar refractivity (Wildman–Crippen MR) is 73.8 cm³/mol. The molecule has 0 bridgehead atoms. The third kappa shape index (κ3) is 6.41. The molecule has 0 unspecified atom stereocenters. The summed E-state index contributed by atoms with van der Waals surface area (Å²) in [5.41, 5.74) is 0.120. The van der Waals surface area contributed by atoms with E-state index in [1.54, 1.807) is 11.0 Å². The zero-order chi connectivity index (χ0) is 13.8. The molecule has 0 saturated heterocycles. The molecule has 0 saturated carbocycles. The number of aromatic nitrogens is 3. The van der Waals surface area contributed by atoms with Gasteiger partial charge in [-0.1, -0.05) is 11.8 Å². The highest BCUT2D eigenvalue weighted by Crippen LogP contribution is 2.09. The van der Waals surface area contributed by atoms with Crippen molar-refractivity contribution in [1.82, 2.24) is 20.1 Å². The Balaban J connectivity index is 2.51. The number of hydrogen-bond donors (Lipinski definition) is 1. The Hall–Kier alpha value is -1.34. The van der Waals surface area contributed by atoms with E-state index in [1.807, 2.05) is 0 Å². The Morgan fingerprint density at radius 2 is 1.89 bits per heavy atom. The smallest absolute Gasteiger partial charge is 0.164 e. The summed E-state index contributed by atoms with van der Waals surface area (Å²) in [5, 5.41) is 7.73. The van der Waals surface area contributed by atoms with Crippen LogP contribution in [0.15, 0.2) is 6.33 Å². The van der Waals surface area contributed by atoms with Gasteiger partial charge in [-0.25, -0.2) is 9.67 Å². The Kier molecular flexibility index (Phi) is 4.53. The van der Waals surface area contributed by atoms with Gasteiger partial charge >= 0.3 is 0 Å². The first-order valence-electron chi connectivity index (χ1n) is 6.29. The van der Waals surface area contributed by atoms with Crippen molar-refractivity contribution in [3.05, 3.63) is 12.2 Å². The summed E-state index contributed by atoms with van der Waals surface area (Å²) < 4.78 is 1.78. The lowest BCUT2D eigenvalue weighted by Crippen LogP contribution is -2.35. The lowest BCUT2D eigenvalue weighted by atomic mass is 9.98. The normalized spacial score (nSPS) is 12.1. The summed E-state index contributed by atoms with van der Waals surface area (Å²) in [5.74, 6) is 7.11. The van der Waals surface area contributed by atoms with Gasteiger partial charge in [0.15, 0.2) is 5.82 Å². The van der Waals surface area contributed by atoms with Crippen LogP contribution in [-0.4, -0.2) is 20.3 Å². The average Bonchev–Trinajstić information content (AvgIpc) is 2.60. The number of nitrogens with zero attached hydrogens (tertiary/aromatic N) is 3. The molecule has 18 heavy (non-hydrogen) atoms. The van der Waals surface area contributed by atoms with Crippen LogP contribution < -0.4 is 5.32 Å². The molecule has 0 atom stereocenters. The molecule has 0 radical (unpaired) electrons. The average molecular weight is 248 g/mol. The molecule has 100 valence electrons. The van der Waals surface area contributed by atoms with E-state index < -0.39 is 0 Å². The Bertz CT molecular complexity index is 435. The van der Waals surface area contributed by atoms with Crippen molar-refractivity contribution in [1.29, 1.82) is 0 Å². The first-order valence-corrected chi connectivity index (χ1v) is 6.29. The Labute approximate surface area is 110 Å². The molecule has 0 aromatic carbocycles. The van der Waals surface area contributed by atoms with Crippen molar-refractivity contribution in [3.63, 3.8) is 0 Å². The summed E-state index contributed by atoms with van der Waals surface area (Å²) in [6, 6.07) is 0. The summed E-state index contributed by atoms with van der Waals surface area (Å²) in [6.07, 6.45) is 1.73. The van der Waals surface area contributed by atoms with Crippen LogP contribution in [0, 0.1) is 17.3 Å². The molecule has 4 nitrogen and oxygen atoms in total. The monoisotopic (exact) mass is 248 g/mol. The topological polar surface area (TPSA) is 42.7 Å². The van der Waals surface area contributed by atoms with Gasteiger partial charge in [-0.05, 0) is 41.5 Å². The number of hydrogen-bond acceptors (Lipinski definition) is 3. The molecule has 0 spiro atoms. The molecular formula is C14H24N4. The summed E-state index contributed by atoms with van der Waals surface area (Å²) in [4.78, 5) is 4.26. The van der Waals surface area contributed by atoms with Gasteiger partial charge in [0.05, 0.1) is 6.54 Å². The van der Waals surface area contributed by atoms with Gasteiger partial charge in [-0.15, -0.1) is 0 Å². The lowest BCUT2D eigenvalue weighted by molar-refractivity contribution is 0.417. The molecule has 4 heteroatoms. The van der Waals surface area contributed by atoms with Crippen molar-refractivity contribution >= 4 is 0 Å². The third-order valence-electron chi connectivity index (χ3n) is 2.07. The van der Waals surface area contributed by atoms with Crippen LogP contribution in [0.5, 0.6) is 0 Å². The maximum atomic E-state index is 4.37. The fraction of sp³-hybridized carbons (Fsp3) is 0.714. The largest absolute Gasteiger partial charge is 0.305 e. The van der Waals surface area contributed by atoms with E-state index in [9.17, 15) is 0 Å². The van der Waals surface area contributed by atoms with E-state index in [4.69, 9.17) is 0 Å². The minimum Gasteiger partial charge on any atom is -0.305 e. The minimum absolute atomic E-state index is 0.0389. The molecule has 1 aromatic heterocycles. The van der Waals surface area contributed by atoms with Gasteiger partial charge in [-0.3, -0.25) is 0 Å². The van der Waals surface area contributed by atoms with Gasteiger partial charge in [0, 0.05) is 11.0 Å². The Morgan fingerprint density at radius 3 is 2.44 bits per heavy atom.